The molecule has 1 unspecified atom stereocenters. The topological polar surface area (TPSA) is 42.3 Å². The normalized spacial score (nSPS) is 19.8. The standard InChI is InChI=1S/C12H24N4/c1-12(9-13,14-11-5-6-11)10-16(4)8-7-15(2)3/h11,14H,5-8,10H2,1-4H3. The second-order valence-electron chi connectivity index (χ2n) is 5.40. The molecule has 1 N–H and O–H groups in total. The predicted octanol–water partition coefficient (Wildman–Crippen LogP) is 0.514. The zero-order chi connectivity index (χ0) is 12.2. The first-order valence-electron chi connectivity index (χ1n) is 5.97. The smallest absolute Gasteiger partial charge is 0.116 e. The Labute approximate surface area is 99.2 Å². The van der Waals surface area contributed by atoms with Gasteiger partial charge in [0.2, 0.25) is 0 Å². The number of hydrogen-bond acceptors (Lipinski definition) is 4. The Morgan fingerprint density at radius 2 is 1.94 bits per heavy atom. The summed E-state index contributed by atoms with van der Waals surface area (Å²) in [5.74, 6) is 0. The highest BCUT2D eigenvalue weighted by atomic mass is 15.2. The van der Waals surface area contributed by atoms with E-state index in [-0.39, 0.29) is 0 Å². The first kappa shape index (κ1) is 13.4. The van der Waals surface area contributed by atoms with Crippen LogP contribution in [0.5, 0.6) is 0 Å². The van der Waals surface area contributed by atoms with Crippen LogP contribution in [-0.4, -0.2) is 62.2 Å². The van der Waals surface area contributed by atoms with Crippen LogP contribution in [0.2, 0.25) is 0 Å². The summed E-state index contributed by atoms with van der Waals surface area (Å²) in [6, 6.07) is 2.98. The number of rotatable bonds is 7. The fourth-order valence-corrected chi connectivity index (χ4v) is 1.78. The monoisotopic (exact) mass is 224 g/mol. The summed E-state index contributed by atoms with van der Waals surface area (Å²) in [6.07, 6.45) is 2.44. The van der Waals surface area contributed by atoms with Crippen molar-refractivity contribution in [1.29, 1.82) is 5.26 Å². The Bertz CT molecular complexity index is 254. The van der Waals surface area contributed by atoms with Gasteiger partial charge >= 0.3 is 0 Å². The molecule has 4 nitrogen and oxygen atoms in total. The molecule has 0 aromatic heterocycles. The van der Waals surface area contributed by atoms with Gasteiger partial charge in [0.25, 0.3) is 0 Å². The van der Waals surface area contributed by atoms with E-state index in [2.05, 4.69) is 42.3 Å². The van der Waals surface area contributed by atoms with E-state index in [1.165, 1.54) is 12.8 Å². The largest absolute Gasteiger partial charge is 0.308 e. The molecule has 1 saturated carbocycles. The molecular formula is C12H24N4. The van der Waals surface area contributed by atoms with Crippen molar-refractivity contribution in [2.24, 2.45) is 0 Å². The highest BCUT2D eigenvalue weighted by Gasteiger charge is 2.33. The van der Waals surface area contributed by atoms with Crippen molar-refractivity contribution in [1.82, 2.24) is 15.1 Å². The minimum absolute atomic E-state index is 0.401. The van der Waals surface area contributed by atoms with Crippen LogP contribution in [0.4, 0.5) is 0 Å². The van der Waals surface area contributed by atoms with Crippen molar-refractivity contribution < 1.29 is 0 Å². The third-order valence-electron chi connectivity index (χ3n) is 2.86. The van der Waals surface area contributed by atoms with E-state index >= 15 is 0 Å². The summed E-state index contributed by atoms with van der Waals surface area (Å²) in [4.78, 5) is 4.38. The van der Waals surface area contributed by atoms with Crippen LogP contribution >= 0.6 is 0 Å². The quantitative estimate of drug-likeness (QED) is 0.684. The molecule has 1 aliphatic rings. The van der Waals surface area contributed by atoms with Gasteiger partial charge in [-0.05, 0) is 40.9 Å². The van der Waals surface area contributed by atoms with Gasteiger partial charge in [-0.3, -0.25) is 5.32 Å². The Balaban J connectivity index is 2.33. The molecule has 4 heteroatoms. The van der Waals surface area contributed by atoms with Gasteiger partial charge in [0.05, 0.1) is 6.07 Å². The van der Waals surface area contributed by atoms with E-state index in [0.717, 1.165) is 19.6 Å². The average molecular weight is 224 g/mol. The zero-order valence-corrected chi connectivity index (χ0v) is 11.0. The molecule has 1 atom stereocenters. The second kappa shape index (κ2) is 5.62. The predicted molar refractivity (Wildman–Crippen MR) is 66.2 cm³/mol. The summed E-state index contributed by atoms with van der Waals surface area (Å²) in [5.41, 5.74) is -0.401. The number of nitrogens with one attached hydrogen (secondary N) is 1. The summed E-state index contributed by atoms with van der Waals surface area (Å²) >= 11 is 0. The third-order valence-corrected chi connectivity index (χ3v) is 2.86. The van der Waals surface area contributed by atoms with E-state index in [1.54, 1.807) is 0 Å². The van der Waals surface area contributed by atoms with E-state index in [0.29, 0.717) is 6.04 Å². The molecule has 92 valence electrons. The summed E-state index contributed by atoms with van der Waals surface area (Å²) in [6.45, 7) is 4.81. The lowest BCUT2D eigenvalue weighted by Crippen LogP contribution is -2.51. The molecule has 0 spiro atoms. The van der Waals surface area contributed by atoms with Gasteiger partial charge in [-0.25, -0.2) is 0 Å². The first-order valence-corrected chi connectivity index (χ1v) is 5.97. The van der Waals surface area contributed by atoms with Gasteiger partial charge in [-0.2, -0.15) is 5.26 Å². The molecule has 0 bridgehead atoms. The summed E-state index contributed by atoms with van der Waals surface area (Å²) < 4.78 is 0. The van der Waals surface area contributed by atoms with Crippen LogP contribution in [0, 0.1) is 11.3 Å². The average Bonchev–Trinajstić information content (AvgIpc) is 2.98. The second-order valence-corrected chi connectivity index (χ2v) is 5.40. The molecule has 0 aliphatic heterocycles. The highest BCUT2D eigenvalue weighted by Crippen LogP contribution is 2.22. The lowest BCUT2D eigenvalue weighted by molar-refractivity contribution is 0.234. The molecule has 1 rings (SSSR count). The van der Waals surface area contributed by atoms with Crippen LogP contribution in [-0.2, 0) is 0 Å². The van der Waals surface area contributed by atoms with Crippen LogP contribution in [0.1, 0.15) is 19.8 Å². The Morgan fingerprint density at radius 3 is 2.38 bits per heavy atom. The SMILES string of the molecule is CN(C)CCN(C)CC(C)(C#N)NC1CC1. The molecule has 0 aromatic rings. The Morgan fingerprint density at radius 1 is 1.31 bits per heavy atom. The van der Waals surface area contributed by atoms with Crippen molar-refractivity contribution in [2.45, 2.75) is 31.3 Å². The van der Waals surface area contributed by atoms with Crippen molar-refractivity contribution in [2.75, 3.05) is 40.8 Å². The molecule has 0 saturated heterocycles. The lowest BCUT2D eigenvalue weighted by atomic mass is 10.0. The van der Waals surface area contributed by atoms with Gasteiger partial charge in [-0.15, -0.1) is 0 Å². The van der Waals surface area contributed by atoms with Gasteiger partial charge in [-0.1, -0.05) is 0 Å². The molecule has 1 fully saturated rings. The minimum Gasteiger partial charge on any atom is -0.308 e. The Kier molecular flexibility index (Phi) is 4.72. The number of hydrogen-bond donors (Lipinski definition) is 1. The zero-order valence-electron chi connectivity index (χ0n) is 11.0. The van der Waals surface area contributed by atoms with Crippen molar-refractivity contribution in [3.05, 3.63) is 0 Å². The van der Waals surface area contributed by atoms with Crippen LogP contribution in [0.3, 0.4) is 0 Å². The molecular weight excluding hydrogens is 200 g/mol. The van der Waals surface area contributed by atoms with Crippen LogP contribution < -0.4 is 5.32 Å². The summed E-state index contributed by atoms with van der Waals surface area (Å²) in [7, 11) is 6.22. The minimum atomic E-state index is -0.401. The molecule has 16 heavy (non-hydrogen) atoms. The van der Waals surface area contributed by atoms with Gasteiger partial charge in [0.15, 0.2) is 0 Å². The first-order chi connectivity index (χ1) is 7.45. The van der Waals surface area contributed by atoms with E-state index in [1.807, 2.05) is 6.92 Å². The van der Waals surface area contributed by atoms with Crippen LogP contribution in [0.15, 0.2) is 0 Å². The Hall–Kier alpha value is -0.630. The molecule has 1 aliphatic carbocycles. The van der Waals surface area contributed by atoms with Crippen LogP contribution in [0.25, 0.3) is 0 Å². The number of nitriles is 1. The van der Waals surface area contributed by atoms with E-state index < -0.39 is 5.54 Å². The lowest BCUT2D eigenvalue weighted by Gasteiger charge is -2.29. The maximum Gasteiger partial charge on any atom is 0.116 e. The maximum atomic E-state index is 9.24. The number of likely N-dealkylation sites (N-methyl/N-ethyl adjacent to an activating group) is 2. The van der Waals surface area contributed by atoms with Gasteiger partial charge in [0.1, 0.15) is 5.54 Å². The van der Waals surface area contributed by atoms with E-state index in [4.69, 9.17) is 0 Å². The molecule has 0 amide bonds. The molecule has 0 heterocycles. The van der Waals surface area contributed by atoms with Crippen molar-refractivity contribution >= 4 is 0 Å². The molecule has 0 radical (unpaired) electrons. The van der Waals surface area contributed by atoms with Crippen molar-refractivity contribution in [3.63, 3.8) is 0 Å². The third kappa shape index (κ3) is 4.93. The maximum absolute atomic E-state index is 9.24. The van der Waals surface area contributed by atoms with Crippen molar-refractivity contribution in [3.8, 4) is 6.07 Å². The van der Waals surface area contributed by atoms with Gasteiger partial charge < -0.3 is 9.80 Å². The van der Waals surface area contributed by atoms with E-state index in [9.17, 15) is 5.26 Å². The fourth-order valence-electron chi connectivity index (χ4n) is 1.78. The number of nitrogens with zero attached hydrogens (tertiary/aromatic N) is 3. The summed E-state index contributed by atoms with van der Waals surface area (Å²) in [5, 5.41) is 12.7. The fraction of sp³-hybridized carbons (Fsp3) is 0.917. The van der Waals surface area contributed by atoms with Gasteiger partial charge in [0, 0.05) is 25.7 Å². The molecule has 0 aromatic carbocycles. The highest BCUT2D eigenvalue weighted by molar-refractivity contribution is 5.08.